The minimum Gasteiger partial charge on any atom is -0.277 e. The SMILES string of the molecule is O=S(=O)(Nc1c(Cl)cc(F)cc1Br)c1ccc(Br)cc1. The third-order valence-corrected chi connectivity index (χ3v) is 5.19. The molecule has 0 aliphatic rings. The van der Waals surface area contributed by atoms with Crippen LogP contribution in [-0.2, 0) is 10.0 Å². The van der Waals surface area contributed by atoms with Crippen LogP contribution in [0.1, 0.15) is 0 Å². The summed E-state index contributed by atoms with van der Waals surface area (Å²) < 4.78 is 40.8. The third kappa shape index (κ3) is 3.52. The van der Waals surface area contributed by atoms with Gasteiger partial charge in [0.05, 0.1) is 15.6 Å². The lowest BCUT2D eigenvalue weighted by Crippen LogP contribution is -2.13. The first kappa shape index (κ1) is 15.8. The van der Waals surface area contributed by atoms with E-state index >= 15 is 0 Å². The van der Waals surface area contributed by atoms with Gasteiger partial charge < -0.3 is 0 Å². The Morgan fingerprint density at radius 3 is 2.25 bits per heavy atom. The topological polar surface area (TPSA) is 46.2 Å². The molecule has 0 aliphatic carbocycles. The maximum atomic E-state index is 13.1. The molecule has 8 heteroatoms. The lowest BCUT2D eigenvalue weighted by Gasteiger charge is -2.11. The van der Waals surface area contributed by atoms with Gasteiger partial charge in [0, 0.05) is 8.95 Å². The van der Waals surface area contributed by atoms with Crippen molar-refractivity contribution in [1.29, 1.82) is 0 Å². The van der Waals surface area contributed by atoms with E-state index in [4.69, 9.17) is 11.6 Å². The van der Waals surface area contributed by atoms with Crippen molar-refractivity contribution < 1.29 is 12.8 Å². The molecule has 20 heavy (non-hydrogen) atoms. The largest absolute Gasteiger partial charge is 0.277 e. The number of halogens is 4. The standard InChI is InChI=1S/C12H7Br2ClFNO2S/c13-7-1-3-9(4-2-7)20(18,19)17-12-10(14)5-8(16)6-11(12)15/h1-6,17H. The highest BCUT2D eigenvalue weighted by Gasteiger charge is 2.18. The summed E-state index contributed by atoms with van der Waals surface area (Å²) in [6.45, 7) is 0. The molecule has 0 radical (unpaired) electrons. The lowest BCUT2D eigenvalue weighted by molar-refractivity contribution is 0.601. The summed E-state index contributed by atoms with van der Waals surface area (Å²) in [7, 11) is -3.80. The Labute approximate surface area is 137 Å². The van der Waals surface area contributed by atoms with E-state index in [1.165, 1.54) is 12.1 Å². The summed E-state index contributed by atoms with van der Waals surface area (Å²) in [6.07, 6.45) is 0. The van der Waals surface area contributed by atoms with E-state index in [1.807, 2.05) is 0 Å². The highest BCUT2D eigenvalue weighted by atomic mass is 79.9. The number of nitrogens with one attached hydrogen (secondary N) is 1. The Bertz CT molecular complexity index is 728. The average molecular weight is 444 g/mol. The molecule has 2 aromatic carbocycles. The Morgan fingerprint density at radius 2 is 1.70 bits per heavy atom. The average Bonchev–Trinajstić information content (AvgIpc) is 2.34. The molecular formula is C12H7Br2ClFNO2S. The molecule has 2 aromatic rings. The number of benzene rings is 2. The Kier molecular flexibility index (Phi) is 4.73. The molecule has 106 valence electrons. The lowest BCUT2D eigenvalue weighted by atomic mass is 10.3. The van der Waals surface area contributed by atoms with Gasteiger partial charge in [-0.1, -0.05) is 27.5 Å². The van der Waals surface area contributed by atoms with Crippen molar-refractivity contribution in [2.45, 2.75) is 4.90 Å². The monoisotopic (exact) mass is 441 g/mol. The number of rotatable bonds is 3. The van der Waals surface area contributed by atoms with Crippen molar-refractivity contribution in [3.05, 3.63) is 56.2 Å². The van der Waals surface area contributed by atoms with Crippen LogP contribution < -0.4 is 4.72 Å². The molecule has 1 N–H and O–H groups in total. The molecule has 0 aliphatic heterocycles. The molecule has 0 atom stereocenters. The fourth-order valence-electron chi connectivity index (χ4n) is 1.45. The number of anilines is 1. The second-order valence-electron chi connectivity index (χ2n) is 3.80. The first-order valence-corrected chi connectivity index (χ1v) is 8.67. The molecule has 0 aromatic heterocycles. The summed E-state index contributed by atoms with van der Waals surface area (Å²) in [4.78, 5) is 0.0768. The second kappa shape index (κ2) is 6.01. The molecule has 0 saturated carbocycles. The zero-order valence-corrected chi connectivity index (χ0v) is 14.4. The first-order chi connectivity index (χ1) is 9.29. The Balaban J connectivity index is 2.41. The van der Waals surface area contributed by atoms with Gasteiger partial charge in [-0.3, -0.25) is 4.72 Å². The quantitative estimate of drug-likeness (QED) is 0.741. The van der Waals surface area contributed by atoms with Crippen molar-refractivity contribution in [3.63, 3.8) is 0 Å². The number of hydrogen-bond acceptors (Lipinski definition) is 2. The molecule has 0 bridgehead atoms. The van der Waals surface area contributed by atoms with Crippen molar-refractivity contribution in [2.75, 3.05) is 4.72 Å². The maximum Gasteiger partial charge on any atom is 0.261 e. The second-order valence-corrected chi connectivity index (χ2v) is 7.66. The highest BCUT2D eigenvalue weighted by molar-refractivity contribution is 9.10. The van der Waals surface area contributed by atoms with Gasteiger partial charge >= 0.3 is 0 Å². The van der Waals surface area contributed by atoms with Crippen molar-refractivity contribution in [2.24, 2.45) is 0 Å². The number of hydrogen-bond donors (Lipinski definition) is 1. The van der Waals surface area contributed by atoms with Gasteiger partial charge in [-0.2, -0.15) is 0 Å². The van der Waals surface area contributed by atoms with Crippen molar-refractivity contribution in [1.82, 2.24) is 0 Å². The third-order valence-electron chi connectivity index (χ3n) is 2.37. The molecule has 2 rings (SSSR count). The van der Waals surface area contributed by atoms with Crippen LogP contribution >= 0.6 is 43.5 Å². The van der Waals surface area contributed by atoms with Crippen molar-refractivity contribution >= 4 is 59.2 Å². The van der Waals surface area contributed by atoms with E-state index in [0.717, 1.165) is 16.6 Å². The fraction of sp³-hybridized carbons (Fsp3) is 0. The van der Waals surface area contributed by atoms with Gasteiger partial charge in [0.15, 0.2) is 0 Å². The summed E-state index contributed by atoms with van der Waals surface area (Å²) in [5.41, 5.74) is 0.0935. The van der Waals surface area contributed by atoms with Crippen LogP contribution in [0.5, 0.6) is 0 Å². The molecule has 0 unspecified atom stereocenters. The van der Waals surface area contributed by atoms with Crippen LogP contribution in [0.25, 0.3) is 0 Å². The van der Waals surface area contributed by atoms with E-state index in [9.17, 15) is 12.8 Å². The zero-order chi connectivity index (χ0) is 14.9. The molecule has 0 saturated heterocycles. The molecule has 3 nitrogen and oxygen atoms in total. The maximum absolute atomic E-state index is 13.1. The highest BCUT2D eigenvalue weighted by Crippen LogP contribution is 2.33. The van der Waals surface area contributed by atoms with Crippen LogP contribution in [0, 0.1) is 5.82 Å². The van der Waals surface area contributed by atoms with Gasteiger partial charge in [-0.05, 0) is 52.3 Å². The normalized spacial score (nSPS) is 11.4. The molecule has 0 spiro atoms. The van der Waals surface area contributed by atoms with Gasteiger partial charge in [-0.15, -0.1) is 0 Å². The van der Waals surface area contributed by atoms with E-state index in [-0.39, 0.29) is 20.1 Å². The molecular weight excluding hydrogens is 436 g/mol. The van der Waals surface area contributed by atoms with Gasteiger partial charge in [0.25, 0.3) is 10.0 Å². The summed E-state index contributed by atoms with van der Waals surface area (Å²) in [5, 5.41) is -0.0300. The van der Waals surface area contributed by atoms with E-state index in [2.05, 4.69) is 36.6 Å². The molecule has 0 amide bonds. The fourth-order valence-corrected chi connectivity index (χ4v) is 3.90. The van der Waals surface area contributed by atoms with Crippen LogP contribution in [-0.4, -0.2) is 8.42 Å². The number of sulfonamides is 1. The summed E-state index contributed by atoms with van der Waals surface area (Å²) in [6, 6.07) is 8.26. The smallest absolute Gasteiger partial charge is 0.261 e. The first-order valence-electron chi connectivity index (χ1n) is 5.22. The Morgan fingerprint density at radius 1 is 1.10 bits per heavy atom. The van der Waals surface area contributed by atoms with Crippen LogP contribution in [0.15, 0.2) is 50.2 Å². The van der Waals surface area contributed by atoms with Crippen LogP contribution in [0.2, 0.25) is 5.02 Å². The molecule has 0 fully saturated rings. The minimum absolute atomic E-state index is 0.0300. The van der Waals surface area contributed by atoms with Crippen molar-refractivity contribution in [3.8, 4) is 0 Å². The molecule has 0 heterocycles. The van der Waals surface area contributed by atoms with E-state index in [1.54, 1.807) is 12.1 Å². The summed E-state index contributed by atoms with van der Waals surface area (Å²) in [5.74, 6) is -0.562. The zero-order valence-electron chi connectivity index (χ0n) is 9.70. The van der Waals surface area contributed by atoms with E-state index < -0.39 is 15.8 Å². The predicted octanol–water partition coefficient (Wildman–Crippen LogP) is 4.80. The van der Waals surface area contributed by atoms with E-state index in [0.29, 0.717) is 0 Å². The van der Waals surface area contributed by atoms with Gasteiger partial charge in [0.2, 0.25) is 0 Å². The van der Waals surface area contributed by atoms with Gasteiger partial charge in [-0.25, -0.2) is 12.8 Å². The summed E-state index contributed by atoms with van der Waals surface area (Å²) >= 11 is 12.1. The minimum atomic E-state index is -3.80. The Hall–Kier alpha value is -0.630. The van der Waals surface area contributed by atoms with Gasteiger partial charge in [0.1, 0.15) is 5.82 Å². The van der Waals surface area contributed by atoms with Crippen LogP contribution in [0.4, 0.5) is 10.1 Å². The predicted molar refractivity (Wildman–Crippen MR) is 84.1 cm³/mol. The van der Waals surface area contributed by atoms with Crippen LogP contribution in [0.3, 0.4) is 0 Å².